The molecule has 1 aromatic rings. The smallest absolute Gasteiger partial charge is 0.00761 e. The summed E-state index contributed by atoms with van der Waals surface area (Å²) in [5, 5.41) is 2.25. The van der Waals surface area contributed by atoms with Crippen LogP contribution in [0, 0.1) is 0 Å². The van der Waals surface area contributed by atoms with E-state index in [2.05, 4.69) is 31.4 Å². The minimum atomic E-state index is 0.845. The van der Waals surface area contributed by atoms with Crippen molar-refractivity contribution in [1.29, 1.82) is 0 Å². The highest BCUT2D eigenvalue weighted by atomic mass is 32.1. The van der Waals surface area contributed by atoms with Crippen molar-refractivity contribution < 1.29 is 0 Å². The Morgan fingerprint density at radius 2 is 1.29 bits per heavy atom. The van der Waals surface area contributed by atoms with Crippen LogP contribution in [0.25, 0.3) is 0 Å². The molecule has 0 radical (unpaired) electrons. The predicted octanol–water partition coefficient (Wildman–Crippen LogP) is 7.94. The van der Waals surface area contributed by atoms with E-state index < -0.39 is 0 Å². The van der Waals surface area contributed by atoms with E-state index in [9.17, 15) is 0 Å². The SMILES string of the molecule is CCCCCCCCCC(CCCCCC)c1cccs1. The molecule has 0 aliphatic carbocycles. The molecule has 1 atom stereocenters. The van der Waals surface area contributed by atoms with Crippen LogP contribution in [0.4, 0.5) is 0 Å². The Balaban J connectivity index is 2.17. The lowest BCUT2D eigenvalue weighted by molar-refractivity contribution is 0.494. The molecule has 1 unspecified atom stereocenters. The van der Waals surface area contributed by atoms with Crippen molar-refractivity contribution in [3.05, 3.63) is 22.4 Å². The van der Waals surface area contributed by atoms with Gasteiger partial charge in [0.15, 0.2) is 0 Å². The summed E-state index contributed by atoms with van der Waals surface area (Å²) in [4.78, 5) is 1.64. The third-order valence-corrected chi connectivity index (χ3v) is 5.54. The van der Waals surface area contributed by atoms with Crippen molar-refractivity contribution in [3.63, 3.8) is 0 Å². The van der Waals surface area contributed by atoms with Crippen LogP contribution in [0.15, 0.2) is 17.5 Å². The number of rotatable bonds is 14. The van der Waals surface area contributed by atoms with E-state index in [1.165, 1.54) is 83.5 Å². The Kier molecular flexibility index (Phi) is 11.9. The Bertz CT molecular complexity index is 302. The lowest BCUT2D eigenvalue weighted by Crippen LogP contribution is -1.97. The molecule has 0 aliphatic heterocycles. The average molecular weight is 309 g/mol. The topological polar surface area (TPSA) is 0 Å². The lowest BCUT2D eigenvalue weighted by atomic mass is 9.93. The summed E-state index contributed by atoms with van der Waals surface area (Å²) >= 11 is 1.97. The van der Waals surface area contributed by atoms with Gasteiger partial charge < -0.3 is 0 Å². The minimum absolute atomic E-state index is 0.845. The van der Waals surface area contributed by atoms with Crippen molar-refractivity contribution in [2.45, 2.75) is 103 Å². The molecule has 0 nitrogen and oxygen atoms in total. The maximum atomic E-state index is 2.36. The Morgan fingerprint density at radius 1 is 0.762 bits per heavy atom. The first-order valence-electron chi connectivity index (χ1n) is 9.41. The molecule has 0 saturated carbocycles. The second-order valence-corrected chi connectivity index (χ2v) is 7.45. The van der Waals surface area contributed by atoms with Gasteiger partial charge in [0, 0.05) is 4.88 Å². The molecule has 1 aromatic heterocycles. The predicted molar refractivity (Wildman–Crippen MR) is 98.4 cm³/mol. The van der Waals surface area contributed by atoms with Gasteiger partial charge in [-0.25, -0.2) is 0 Å². The summed E-state index contributed by atoms with van der Waals surface area (Å²) in [6.45, 7) is 4.60. The quantitative estimate of drug-likeness (QED) is 0.306. The average Bonchev–Trinajstić information content (AvgIpc) is 3.02. The van der Waals surface area contributed by atoms with Gasteiger partial charge in [-0.05, 0) is 30.2 Å². The van der Waals surface area contributed by atoms with E-state index in [0.29, 0.717) is 0 Å². The third-order valence-electron chi connectivity index (χ3n) is 4.51. The fourth-order valence-electron chi connectivity index (χ4n) is 3.12. The van der Waals surface area contributed by atoms with Crippen molar-refractivity contribution in [1.82, 2.24) is 0 Å². The van der Waals surface area contributed by atoms with Crippen LogP contribution in [0.1, 0.15) is 108 Å². The second-order valence-electron chi connectivity index (χ2n) is 6.47. The molecule has 1 heteroatoms. The lowest BCUT2D eigenvalue weighted by Gasteiger charge is -2.15. The normalized spacial score (nSPS) is 12.7. The van der Waals surface area contributed by atoms with Gasteiger partial charge in [0.05, 0.1) is 0 Å². The zero-order valence-electron chi connectivity index (χ0n) is 14.4. The number of unbranched alkanes of at least 4 members (excludes halogenated alkanes) is 9. The monoisotopic (exact) mass is 308 g/mol. The Labute approximate surface area is 137 Å². The van der Waals surface area contributed by atoms with Gasteiger partial charge in [0.25, 0.3) is 0 Å². The van der Waals surface area contributed by atoms with Crippen LogP contribution >= 0.6 is 11.3 Å². The molecule has 1 heterocycles. The molecule has 21 heavy (non-hydrogen) atoms. The first-order chi connectivity index (χ1) is 10.4. The van der Waals surface area contributed by atoms with Crippen LogP contribution in [0.3, 0.4) is 0 Å². The summed E-state index contributed by atoms with van der Waals surface area (Å²) in [6, 6.07) is 4.58. The highest BCUT2D eigenvalue weighted by Crippen LogP contribution is 2.31. The zero-order valence-corrected chi connectivity index (χ0v) is 15.2. The van der Waals surface area contributed by atoms with E-state index in [1.54, 1.807) is 4.88 Å². The standard InChI is InChI=1S/C20H36S/c1-3-5-7-9-10-11-13-16-19(15-12-8-6-4-2)20-17-14-18-21-20/h14,17-19H,3-13,15-16H2,1-2H3. The van der Waals surface area contributed by atoms with Crippen molar-refractivity contribution in [2.75, 3.05) is 0 Å². The first kappa shape index (κ1) is 18.7. The molecule has 0 saturated heterocycles. The van der Waals surface area contributed by atoms with Gasteiger partial charge in [0.2, 0.25) is 0 Å². The van der Waals surface area contributed by atoms with Crippen LogP contribution in [-0.4, -0.2) is 0 Å². The molecular weight excluding hydrogens is 272 g/mol. The fraction of sp³-hybridized carbons (Fsp3) is 0.800. The molecule has 0 fully saturated rings. The maximum absolute atomic E-state index is 2.36. The number of hydrogen-bond donors (Lipinski definition) is 0. The maximum Gasteiger partial charge on any atom is 0.00761 e. The summed E-state index contributed by atoms with van der Waals surface area (Å²) in [5.74, 6) is 0.845. The minimum Gasteiger partial charge on any atom is -0.149 e. The van der Waals surface area contributed by atoms with Gasteiger partial charge in [-0.3, -0.25) is 0 Å². The van der Waals surface area contributed by atoms with Crippen LogP contribution in [-0.2, 0) is 0 Å². The third kappa shape index (κ3) is 9.34. The van der Waals surface area contributed by atoms with Crippen molar-refractivity contribution in [3.8, 4) is 0 Å². The van der Waals surface area contributed by atoms with Gasteiger partial charge in [-0.15, -0.1) is 11.3 Å². The van der Waals surface area contributed by atoms with E-state index in [1.807, 2.05) is 11.3 Å². The molecule has 0 amide bonds. The largest absolute Gasteiger partial charge is 0.149 e. The summed E-state index contributed by atoms with van der Waals surface area (Å²) in [6.07, 6.45) is 18.5. The van der Waals surface area contributed by atoms with E-state index in [-0.39, 0.29) is 0 Å². The van der Waals surface area contributed by atoms with Gasteiger partial charge in [-0.1, -0.05) is 90.5 Å². The Morgan fingerprint density at radius 3 is 1.81 bits per heavy atom. The van der Waals surface area contributed by atoms with E-state index in [0.717, 1.165) is 5.92 Å². The zero-order chi connectivity index (χ0) is 15.2. The molecule has 0 N–H and O–H groups in total. The number of thiophene rings is 1. The molecule has 1 rings (SSSR count). The fourth-order valence-corrected chi connectivity index (χ4v) is 4.02. The van der Waals surface area contributed by atoms with Gasteiger partial charge in [0.1, 0.15) is 0 Å². The highest BCUT2D eigenvalue weighted by Gasteiger charge is 2.11. The molecule has 0 aromatic carbocycles. The highest BCUT2D eigenvalue weighted by molar-refractivity contribution is 7.10. The van der Waals surface area contributed by atoms with Crippen LogP contribution in [0.5, 0.6) is 0 Å². The Hall–Kier alpha value is -0.300. The molecular formula is C20H36S. The van der Waals surface area contributed by atoms with Crippen molar-refractivity contribution >= 4 is 11.3 Å². The number of hydrogen-bond acceptors (Lipinski definition) is 1. The van der Waals surface area contributed by atoms with Gasteiger partial charge in [-0.2, -0.15) is 0 Å². The summed E-state index contributed by atoms with van der Waals surface area (Å²) < 4.78 is 0. The summed E-state index contributed by atoms with van der Waals surface area (Å²) in [7, 11) is 0. The summed E-state index contributed by atoms with van der Waals surface area (Å²) in [5.41, 5.74) is 0. The second kappa shape index (κ2) is 13.4. The van der Waals surface area contributed by atoms with Crippen LogP contribution in [0.2, 0.25) is 0 Å². The molecule has 0 bridgehead atoms. The van der Waals surface area contributed by atoms with Crippen LogP contribution < -0.4 is 0 Å². The molecule has 0 spiro atoms. The van der Waals surface area contributed by atoms with E-state index in [4.69, 9.17) is 0 Å². The molecule has 0 aliphatic rings. The van der Waals surface area contributed by atoms with Gasteiger partial charge >= 0.3 is 0 Å². The first-order valence-corrected chi connectivity index (χ1v) is 10.3. The van der Waals surface area contributed by atoms with E-state index >= 15 is 0 Å². The molecule has 122 valence electrons. The van der Waals surface area contributed by atoms with Crippen molar-refractivity contribution in [2.24, 2.45) is 0 Å².